The molecule has 2 heterocycles. The van der Waals surface area contributed by atoms with E-state index in [0.29, 0.717) is 30.9 Å². The molecule has 136 valence electrons. The van der Waals surface area contributed by atoms with Crippen LogP contribution in [0.15, 0.2) is 18.2 Å². The van der Waals surface area contributed by atoms with Gasteiger partial charge in [-0.05, 0) is 30.7 Å². The summed E-state index contributed by atoms with van der Waals surface area (Å²) in [6, 6.07) is 4.22. The summed E-state index contributed by atoms with van der Waals surface area (Å²) in [5.74, 6) is -1.24. The molecule has 0 unspecified atom stereocenters. The van der Waals surface area contributed by atoms with Gasteiger partial charge in [-0.15, -0.1) is 0 Å². The number of anilines is 1. The Bertz CT molecular complexity index is 652. The molecule has 1 fully saturated rings. The van der Waals surface area contributed by atoms with Crippen molar-refractivity contribution in [3.05, 3.63) is 29.6 Å². The minimum atomic E-state index is -0.533. The van der Waals surface area contributed by atoms with Gasteiger partial charge in [-0.2, -0.15) is 0 Å². The molecule has 3 rings (SSSR count). The number of carbonyl (C=O) groups is 2. The third kappa shape index (κ3) is 4.16. The van der Waals surface area contributed by atoms with Crippen molar-refractivity contribution in [3.63, 3.8) is 0 Å². The highest BCUT2D eigenvalue weighted by Crippen LogP contribution is 2.34. The number of carbonyl (C=O) groups excluding carboxylic acids is 2. The molecule has 1 N–H and O–H groups in total. The third-order valence-electron chi connectivity index (χ3n) is 4.86. The van der Waals surface area contributed by atoms with E-state index in [2.05, 4.69) is 10.2 Å². The Hall–Kier alpha value is -1.99. The van der Waals surface area contributed by atoms with E-state index in [-0.39, 0.29) is 18.2 Å². The van der Waals surface area contributed by atoms with Crippen LogP contribution >= 0.6 is 0 Å². The normalized spacial score (nSPS) is 21.4. The Morgan fingerprint density at radius 2 is 2.16 bits per heavy atom. The first-order chi connectivity index (χ1) is 12.1. The van der Waals surface area contributed by atoms with Gasteiger partial charge in [-0.1, -0.05) is 6.07 Å². The number of fused-ring (bicyclic) bond motifs is 1. The predicted molar refractivity (Wildman–Crippen MR) is 91.9 cm³/mol. The number of hydrogen-bond donors (Lipinski definition) is 1. The molecule has 0 aliphatic carbocycles. The second-order valence-electron chi connectivity index (χ2n) is 6.55. The van der Waals surface area contributed by atoms with Gasteiger partial charge >= 0.3 is 0 Å². The molecule has 0 bridgehead atoms. The van der Waals surface area contributed by atoms with Crippen LogP contribution < -0.4 is 5.32 Å². The summed E-state index contributed by atoms with van der Waals surface area (Å²) in [5.41, 5.74) is 1.11. The highest BCUT2D eigenvalue weighted by atomic mass is 19.1. The van der Waals surface area contributed by atoms with Gasteiger partial charge in [0.05, 0.1) is 12.5 Å². The minimum Gasteiger partial charge on any atom is -0.383 e. The smallest absolute Gasteiger partial charge is 0.230 e. The van der Waals surface area contributed by atoms with Gasteiger partial charge in [0.2, 0.25) is 11.8 Å². The fourth-order valence-electron chi connectivity index (χ4n) is 3.51. The topological polar surface area (TPSA) is 61.9 Å². The van der Waals surface area contributed by atoms with Crippen molar-refractivity contribution in [2.45, 2.75) is 18.8 Å². The summed E-state index contributed by atoms with van der Waals surface area (Å²) < 4.78 is 18.6. The molecule has 2 aliphatic heterocycles. The van der Waals surface area contributed by atoms with Crippen LogP contribution in [0.3, 0.4) is 0 Å². The molecule has 1 aromatic carbocycles. The van der Waals surface area contributed by atoms with Gasteiger partial charge in [0.1, 0.15) is 5.82 Å². The van der Waals surface area contributed by atoms with E-state index in [1.807, 2.05) is 4.90 Å². The highest BCUT2D eigenvalue weighted by molar-refractivity contribution is 6.01. The Kier molecular flexibility index (Phi) is 5.65. The monoisotopic (exact) mass is 349 g/mol. The van der Waals surface area contributed by atoms with E-state index in [0.717, 1.165) is 26.1 Å². The van der Waals surface area contributed by atoms with E-state index in [1.165, 1.54) is 12.1 Å². The molecule has 0 aromatic heterocycles. The number of nitrogens with one attached hydrogen (secondary N) is 1. The molecule has 25 heavy (non-hydrogen) atoms. The van der Waals surface area contributed by atoms with Gasteiger partial charge in [0.25, 0.3) is 0 Å². The van der Waals surface area contributed by atoms with Crippen LogP contribution in [-0.2, 0) is 14.3 Å². The molecule has 0 radical (unpaired) electrons. The molecule has 7 heteroatoms. The molecule has 2 amide bonds. The lowest BCUT2D eigenvalue weighted by atomic mass is 9.89. The number of nitrogens with zero attached hydrogens (tertiary/aromatic N) is 2. The Labute approximate surface area is 146 Å². The second kappa shape index (κ2) is 7.93. The average Bonchev–Trinajstić information content (AvgIpc) is 2.83. The van der Waals surface area contributed by atoms with Crippen LogP contribution in [0.2, 0.25) is 0 Å². The van der Waals surface area contributed by atoms with Crippen molar-refractivity contribution in [1.82, 2.24) is 9.80 Å². The summed E-state index contributed by atoms with van der Waals surface area (Å²) in [5, 5.41) is 2.66. The molecular weight excluding hydrogens is 325 g/mol. The van der Waals surface area contributed by atoms with Crippen molar-refractivity contribution in [2.24, 2.45) is 0 Å². The van der Waals surface area contributed by atoms with E-state index >= 15 is 0 Å². The van der Waals surface area contributed by atoms with Crippen molar-refractivity contribution in [3.8, 4) is 0 Å². The molecule has 2 aliphatic rings. The maximum atomic E-state index is 13.4. The lowest BCUT2D eigenvalue weighted by Gasteiger charge is -2.30. The first-order valence-corrected chi connectivity index (χ1v) is 8.68. The number of ether oxygens (including phenoxy) is 1. The zero-order chi connectivity index (χ0) is 17.8. The van der Waals surface area contributed by atoms with E-state index < -0.39 is 11.7 Å². The van der Waals surface area contributed by atoms with Crippen molar-refractivity contribution < 1.29 is 18.7 Å². The summed E-state index contributed by atoms with van der Waals surface area (Å²) >= 11 is 0. The van der Waals surface area contributed by atoms with Gasteiger partial charge in [-0.3, -0.25) is 14.5 Å². The molecule has 1 aromatic rings. The van der Waals surface area contributed by atoms with Gasteiger partial charge in [-0.25, -0.2) is 4.39 Å². The zero-order valence-electron chi connectivity index (χ0n) is 14.5. The maximum absolute atomic E-state index is 13.4. The fraction of sp³-hybridized carbons (Fsp3) is 0.556. The van der Waals surface area contributed by atoms with E-state index in [9.17, 15) is 14.0 Å². The van der Waals surface area contributed by atoms with Crippen LogP contribution in [0.4, 0.5) is 10.1 Å². The number of amides is 2. The molecule has 0 spiro atoms. The zero-order valence-corrected chi connectivity index (χ0v) is 14.5. The maximum Gasteiger partial charge on any atom is 0.230 e. The Balaban J connectivity index is 1.72. The lowest BCUT2D eigenvalue weighted by molar-refractivity contribution is -0.134. The quantitative estimate of drug-likeness (QED) is 0.893. The first-order valence-electron chi connectivity index (χ1n) is 8.68. The van der Waals surface area contributed by atoms with Crippen LogP contribution in [0.25, 0.3) is 0 Å². The van der Waals surface area contributed by atoms with Crippen LogP contribution in [-0.4, -0.2) is 68.1 Å². The van der Waals surface area contributed by atoms with Crippen molar-refractivity contribution in [2.75, 3.05) is 51.8 Å². The second-order valence-corrected chi connectivity index (χ2v) is 6.55. The minimum absolute atomic E-state index is 0.0451. The van der Waals surface area contributed by atoms with Crippen LogP contribution in [0.1, 0.15) is 24.3 Å². The van der Waals surface area contributed by atoms with Gasteiger partial charge < -0.3 is 15.0 Å². The molecule has 1 atom stereocenters. The number of methoxy groups -OCH3 is 1. The van der Waals surface area contributed by atoms with Crippen molar-refractivity contribution in [1.29, 1.82) is 0 Å². The largest absolute Gasteiger partial charge is 0.383 e. The number of rotatable bonds is 4. The van der Waals surface area contributed by atoms with Crippen molar-refractivity contribution >= 4 is 17.5 Å². The molecule has 0 saturated carbocycles. The first kappa shape index (κ1) is 17.8. The Morgan fingerprint density at radius 1 is 1.32 bits per heavy atom. The number of benzene rings is 1. The number of halogens is 1. The fourth-order valence-corrected chi connectivity index (χ4v) is 3.51. The van der Waals surface area contributed by atoms with Crippen LogP contribution in [0, 0.1) is 5.82 Å². The standard InChI is InChI=1S/C18H24FN3O3/c1-25-10-9-21-5-2-6-22(8-7-21)18(24)15-12-17(23)20-16-11-13(19)3-4-14(15)16/h3-4,11,15H,2,5-10,12H2,1H3,(H,20,23)/t15-/m0/s1. The summed E-state index contributed by atoms with van der Waals surface area (Å²) in [4.78, 5) is 29.1. The SMILES string of the molecule is COCCN1CCCN(C(=O)[C@H]2CC(=O)Nc3cc(F)ccc32)CC1. The van der Waals surface area contributed by atoms with Gasteiger partial charge in [0.15, 0.2) is 0 Å². The molecular formula is C18H24FN3O3. The summed E-state index contributed by atoms with van der Waals surface area (Å²) in [6.07, 6.45) is 1.01. The third-order valence-corrected chi connectivity index (χ3v) is 4.86. The highest BCUT2D eigenvalue weighted by Gasteiger charge is 2.34. The summed E-state index contributed by atoms with van der Waals surface area (Å²) in [6.45, 7) is 4.57. The van der Waals surface area contributed by atoms with Gasteiger partial charge in [0, 0.05) is 45.4 Å². The molecule has 6 nitrogen and oxygen atoms in total. The summed E-state index contributed by atoms with van der Waals surface area (Å²) in [7, 11) is 1.68. The van der Waals surface area contributed by atoms with E-state index in [1.54, 1.807) is 13.2 Å². The number of hydrogen-bond acceptors (Lipinski definition) is 4. The Morgan fingerprint density at radius 3 is 2.96 bits per heavy atom. The lowest BCUT2D eigenvalue weighted by Crippen LogP contribution is -2.41. The predicted octanol–water partition coefficient (Wildman–Crippen LogP) is 1.43. The molecule has 1 saturated heterocycles. The average molecular weight is 349 g/mol. The van der Waals surface area contributed by atoms with Crippen LogP contribution in [0.5, 0.6) is 0 Å². The van der Waals surface area contributed by atoms with E-state index in [4.69, 9.17) is 4.74 Å².